The van der Waals surface area contributed by atoms with Crippen molar-refractivity contribution in [3.8, 4) is 56.4 Å². The molecule has 2 aromatic heterocycles. The highest BCUT2D eigenvalue weighted by molar-refractivity contribution is 6.22. The third kappa shape index (κ3) is 6.41. The van der Waals surface area contributed by atoms with Gasteiger partial charge < -0.3 is 4.42 Å². The van der Waals surface area contributed by atoms with E-state index in [-0.39, 0.29) is 5.92 Å². The van der Waals surface area contributed by atoms with E-state index in [9.17, 15) is 0 Å². The molecule has 0 aliphatic carbocycles. The Morgan fingerprint density at radius 3 is 1.40 bits per heavy atom. The minimum absolute atomic E-state index is 0.0627. The highest BCUT2D eigenvalue weighted by atomic mass is 16.3. The molecule has 2 heterocycles. The zero-order valence-corrected chi connectivity index (χ0v) is 32.6. The Hall–Kier alpha value is -7.95. The van der Waals surface area contributed by atoms with Crippen molar-refractivity contribution in [2.45, 2.75) is 5.92 Å². The van der Waals surface area contributed by atoms with Gasteiger partial charge in [0, 0.05) is 38.8 Å². The summed E-state index contributed by atoms with van der Waals surface area (Å²) in [6.45, 7) is 0. The van der Waals surface area contributed by atoms with E-state index in [2.05, 4.69) is 146 Å². The Kier molecular flexibility index (Phi) is 8.86. The molecule has 0 aliphatic rings. The van der Waals surface area contributed by atoms with Crippen LogP contribution in [0.15, 0.2) is 223 Å². The fourth-order valence-electron chi connectivity index (χ4n) is 8.57. The maximum atomic E-state index is 6.77. The van der Waals surface area contributed by atoms with E-state index in [1.54, 1.807) is 0 Å². The first kappa shape index (κ1) is 35.2. The lowest BCUT2D eigenvalue weighted by Gasteiger charge is -2.20. The van der Waals surface area contributed by atoms with E-state index < -0.39 is 0 Å². The van der Waals surface area contributed by atoms with Crippen molar-refractivity contribution < 1.29 is 4.42 Å². The second-order valence-corrected chi connectivity index (χ2v) is 15.1. The Bertz CT molecular complexity index is 3210. The zero-order chi connectivity index (χ0) is 39.8. The van der Waals surface area contributed by atoms with E-state index >= 15 is 0 Å². The first-order valence-corrected chi connectivity index (χ1v) is 20.3. The molecule has 282 valence electrons. The molecule has 0 N–H and O–H groups in total. The summed E-state index contributed by atoms with van der Waals surface area (Å²) < 4.78 is 6.77. The molecule has 0 radical (unpaired) electrons. The third-order valence-electron chi connectivity index (χ3n) is 11.5. The molecular formula is C56H37N3O. The van der Waals surface area contributed by atoms with E-state index in [0.717, 1.165) is 60.5 Å². The van der Waals surface area contributed by atoms with Gasteiger partial charge in [-0.15, -0.1) is 0 Å². The summed E-state index contributed by atoms with van der Waals surface area (Å²) in [7, 11) is 0. The van der Waals surface area contributed by atoms with Gasteiger partial charge in [0.2, 0.25) is 0 Å². The minimum atomic E-state index is 0.0627. The number of hydrogen-bond acceptors (Lipinski definition) is 4. The van der Waals surface area contributed by atoms with Crippen LogP contribution in [-0.4, -0.2) is 15.0 Å². The van der Waals surface area contributed by atoms with E-state index in [1.807, 2.05) is 72.8 Å². The second-order valence-electron chi connectivity index (χ2n) is 15.1. The fraction of sp³-hybridized carbons (Fsp3) is 0.0179. The average Bonchev–Trinajstić information content (AvgIpc) is 3.71. The van der Waals surface area contributed by atoms with Crippen molar-refractivity contribution in [2.24, 2.45) is 0 Å². The van der Waals surface area contributed by atoms with Gasteiger partial charge in [-0.3, -0.25) is 0 Å². The summed E-state index contributed by atoms with van der Waals surface area (Å²) in [6, 6.07) is 76.6. The highest BCUT2D eigenvalue weighted by Gasteiger charge is 2.22. The van der Waals surface area contributed by atoms with E-state index in [1.165, 1.54) is 27.8 Å². The van der Waals surface area contributed by atoms with Crippen molar-refractivity contribution in [1.82, 2.24) is 15.0 Å². The molecule has 60 heavy (non-hydrogen) atoms. The van der Waals surface area contributed by atoms with Gasteiger partial charge in [0.05, 0.1) is 0 Å². The smallest absolute Gasteiger partial charge is 0.164 e. The third-order valence-corrected chi connectivity index (χ3v) is 11.5. The molecule has 4 nitrogen and oxygen atoms in total. The molecular weight excluding hydrogens is 731 g/mol. The van der Waals surface area contributed by atoms with Crippen LogP contribution in [0.5, 0.6) is 0 Å². The summed E-state index contributed by atoms with van der Waals surface area (Å²) in [5.74, 6) is 1.92. The maximum Gasteiger partial charge on any atom is 0.164 e. The van der Waals surface area contributed by atoms with Gasteiger partial charge in [-0.1, -0.05) is 206 Å². The Morgan fingerprint density at radius 2 is 0.783 bits per heavy atom. The molecule has 4 heteroatoms. The SMILES string of the molecule is c1ccc(-c2ccc(C(c3ccccc3)c3ccc(-c4cccc5c(-c6nc(-c7ccccc7)nc(-c7ccccc7)n6)cc6c7ccccc7oc6c45)cc3)cc2)cc1. The van der Waals surface area contributed by atoms with Crippen molar-refractivity contribution in [3.05, 3.63) is 235 Å². The number of para-hydroxylation sites is 1. The van der Waals surface area contributed by atoms with Crippen LogP contribution >= 0.6 is 0 Å². The van der Waals surface area contributed by atoms with Crippen LogP contribution < -0.4 is 0 Å². The summed E-state index contributed by atoms with van der Waals surface area (Å²) in [5.41, 5.74) is 12.8. The molecule has 0 fully saturated rings. The zero-order valence-electron chi connectivity index (χ0n) is 32.6. The average molecular weight is 768 g/mol. The topological polar surface area (TPSA) is 51.8 Å². The molecule has 0 spiro atoms. The minimum Gasteiger partial charge on any atom is -0.455 e. The summed E-state index contributed by atoms with van der Waals surface area (Å²) in [5, 5.41) is 4.09. The normalized spacial score (nSPS) is 11.9. The van der Waals surface area contributed by atoms with Gasteiger partial charge >= 0.3 is 0 Å². The predicted molar refractivity (Wildman–Crippen MR) is 246 cm³/mol. The predicted octanol–water partition coefficient (Wildman–Crippen LogP) is 14.4. The van der Waals surface area contributed by atoms with Gasteiger partial charge in [-0.25, -0.2) is 15.0 Å². The van der Waals surface area contributed by atoms with Crippen molar-refractivity contribution in [1.29, 1.82) is 0 Å². The number of furan rings is 1. The molecule has 1 unspecified atom stereocenters. The number of fused-ring (bicyclic) bond motifs is 5. The van der Waals surface area contributed by atoms with Crippen LogP contribution in [0, 0.1) is 0 Å². The summed E-state index contributed by atoms with van der Waals surface area (Å²) in [6.07, 6.45) is 0. The molecule has 0 saturated heterocycles. The number of aromatic nitrogens is 3. The number of rotatable bonds is 8. The molecule has 0 amide bonds. The molecule has 11 aromatic rings. The standard InChI is InChI=1S/C56H37N3O/c1-5-16-37(17-6-1)38-28-32-41(33-29-38)51(40-18-7-2-8-19-40)42-34-30-39(31-35-42)45-25-15-26-47-49(36-48-46-24-13-14-27-50(46)60-53(48)52(45)47)56-58-54(43-20-9-3-10-21-43)57-55(59-56)44-22-11-4-12-23-44/h1-36,51H. The fourth-order valence-corrected chi connectivity index (χ4v) is 8.57. The lowest BCUT2D eigenvalue weighted by Crippen LogP contribution is -2.03. The van der Waals surface area contributed by atoms with Crippen LogP contribution in [0.3, 0.4) is 0 Å². The first-order chi connectivity index (χ1) is 29.7. The Labute approximate surface area is 348 Å². The summed E-state index contributed by atoms with van der Waals surface area (Å²) in [4.78, 5) is 15.4. The van der Waals surface area contributed by atoms with Gasteiger partial charge in [0.15, 0.2) is 17.5 Å². The molecule has 0 bridgehead atoms. The first-order valence-electron chi connectivity index (χ1n) is 20.3. The van der Waals surface area contributed by atoms with Gasteiger partial charge in [0.1, 0.15) is 11.2 Å². The van der Waals surface area contributed by atoms with Crippen molar-refractivity contribution in [3.63, 3.8) is 0 Å². The molecule has 11 rings (SSSR count). The summed E-state index contributed by atoms with van der Waals surface area (Å²) >= 11 is 0. The molecule has 0 saturated carbocycles. The monoisotopic (exact) mass is 767 g/mol. The van der Waals surface area contributed by atoms with E-state index in [4.69, 9.17) is 19.4 Å². The van der Waals surface area contributed by atoms with Crippen LogP contribution in [0.25, 0.3) is 89.1 Å². The van der Waals surface area contributed by atoms with Crippen LogP contribution in [0.2, 0.25) is 0 Å². The Balaban J connectivity index is 1.08. The lowest BCUT2D eigenvalue weighted by molar-refractivity contribution is 0.673. The van der Waals surface area contributed by atoms with Crippen LogP contribution in [0.4, 0.5) is 0 Å². The Morgan fingerprint density at radius 1 is 0.317 bits per heavy atom. The number of nitrogens with zero attached hydrogens (tertiary/aromatic N) is 3. The van der Waals surface area contributed by atoms with Crippen molar-refractivity contribution >= 4 is 32.7 Å². The molecule has 1 atom stereocenters. The number of hydrogen-bond donors (Lipinski definition) is 0. The van der Waals surface area contributed by atoms with Gasteiger partial charge in [-0.05, 0) is 56.5 Å². The van der Waals surface area contributed by atoms with E-state index in [0.29, 0.717) is 17.5 Å². The highest BCUT2D eigenvalue weighted by Crippen LogP contribution is 2.44. The van der Waals surface area contributed by atoms with Crippen molar-refractivity contribution in [2.75, 3.05) is 0 Å². The number of benzene rings is 9. The second kappa shape index (κ2) is 15.1. The largest absolute Gasteiger partial charge is 0.455 e. The van der Waals surface area contributed by atoms with Gasteiger partial charge in [-0.2, -0.15) is 0 Å². The van der Waals surface area contributed by atoms with Crippen LogP contribution in [-0.2, 0) is 0 Å². The molecule has 9 aromatic carbocycles. The van der Waals surface area contributed by atoms with Gasteiger partial charge in [0.25, 0.3) is 0 Å². The lowest BCUT2D eigenvalue weighted by atomic mass is 9.84. The quantitative estimate of drug-likeness (QED) is 0.145. The van der Waals surface area contributed by atoms with Crippen LogP contribution in [0.1, 0.15) is 22.6 Å². The molecule has 0 aliphatic heterocycles. The maximum absolute atomic E-state index is 6.77.